The monoisotopic (exact) mass is 457 g/mol. The number of benzene rings is 2. The third-order valence-electron chi connectivity index (χ3n) is 6.01. The summed E-state index contributed by atoms with van der Waals surface area (Å²) in [6.45, 7) is 3.91. The predicted molar refractivity (Wildman–Crippen MR) is 131 cm³/mol. The molecule has 7 heteroatoms. The van der Waals surface area contributed by atoms with Crippen molar-refractivity contribution in [2.75, 3.05) is 7.11 Å². The first kappa shape index (κ1) is 23.0. The number of amides is 1. The average Bonchev–Trinajstić information content (AvgIpc) is 3.24. The van der Waals surface area contributed by atoms with E-state index in [9.17, 15) is 14.4 Å². The summed E-state index contributed by atoms with van der Waals surface area (Å²) in [5.41, 5.74) is 3.70. The molecule has 4 rings (SSSR count). The zero-order chi connectivity index (χ0) is 24.2. The lowest BCUT2D eigenvalue weighted by Crippen LogP contribution is -2.45. The van der Waals surface area contributed by atoms with E-state index in [1.807, 2.05) is 73.8 Å². The maximum atomic E-state index is 13.4. The van der Waals surface area contributed by atoms with E-state index in [4.69, 9.17) is 4.74 Å². The molecule has 0 fully saturated rings. The van der Waals surface area contributed by atoms with Gasteiger partial charge in [0.2, 0.25) is 0 Å². The van der Waals surface area contributed by atoms with Crippen molar-refractivity contribution in [2.45, 2.75) is 32.9 Å². The fourth-order valence-electron chi connectivity index (χ4n) is 4.25. The molecule has 0 aliphatic rings. The first-order valence-corrected chi connectivity index (χ1v) is 11.1. The Labute approximate surface area is 197 Å². The molecule has 7 nitrogen and oxygen atoms in total. The highest BCUT2D eigenvalue weighted by molar-refractivity contribution is 5.98. The van der Waals surface area contributed by atoms with Crippen molar-refractivity contribution in [1.82, 2.24) is 14.9 Å². The van der Waals surface area contributed by atoms with E-state index in [2.05, 4.69) is 10.3 Å². The van der Waals surface area contributed by atoms with E-state index in [1.54, 1.807) is 11.5 Å². The van der Waals surface area contributed by atoms with Crippen molar-refractivity contribution in [3.05, 3.63) is 105 Å². The number of nitrogens with zero attached hydrogens (tertiary/aromatic N) is 1. The molecule has 2 aromatic carbocycles. The largest absolute Gasteiger partial charge is 0.467 e. The maximum Gasteiger partial charge on any atom is 0.328 e. The highest BCUT2D eigenvalue weighted by Gasteiger charge is 2.26. The van der Waals surface area contributed by atoms with Gasteiger partial charge in [-0.15, -0.1) is 0 Å². The number of ether oxygens (including phenoxy) is 1. The van der Waals surface area contributed by atoms with Crippen LogP contribution in [0, 0.1) is 13.8 Å². The van der Waals surface area contributed by atoms with Gasteiger partial charge in [-0.3, -0.25) is 9.59 Å². The maximum absolute atomic E-state index is 13.4. The molecule has 2 aromatic heterocycles. The van der Waals surface area contributed by atoms with Crippen LogP contribution in [0.2, 0.25) is 0 Å². The van der Waals surface area contributed by atoms with Crippen LogP contribution in [0.15, 0.2) is 71.7 Å². The van der Waals surface area contributed by atoms with Gasteiger partial charge in [0.1, 0.15) is 11.6 Å². The second-order valence-corrected chi connectivity index (χ2v) is 8.33. The number of nitrogens with one attached hydrogen (secondary N) is 2. The number of aromatic nitrogens is 2. The highest BCUT2D eigenvalue weighted by Crippen LogP contribution is 2.20. The molecule has 2 N–H and O–H groups in total. The fourth-order valence-corrected chi connectivity index (χ4v) is 4.25. The number of aryl methyl sites for hydroxylation is 2. The lowest BCUT2D eigenvalue weighted by Gasteiger charge is -2.18. The number of fused-ring (bicyclic) bond motifs is 1. The van der Waals surface area contributed by atoms with Gasteiger partial charge in [-0.25, -0.2) is 4.79 Å². The first-order valence-electron chi connectivity index (χ1n) is 11.1. The SMILES string of the molecule is COC(=O)C(Cc1c[nH]c2ccccc12)NC(=O)c1c(C)cc(C)n(Cc2ccccc2)c1=O. The summed E-state index contributed by atoms with van der Waals surface area (Å²) in [4.78, 5) is 42.4. The Kier molecular flexibility index (Phi) is 6.63. The van der Waals surface area contributed by atoms with E-state index >= 15 is 0 Å². The van der Waals surface area contributed by atoms with E-state index in [0.717, 1.165) is 27.7 Å². The number of esters is 1. The molecule has 0 bridgehead atoms. The van der Waals surface area contributed by atoms with Gasteiger partial charge in [-0.1, -0.05) is 48.5 Å². The number of aromatic amines is 1. The summed E-state index contributed by atoms with van der Waals surface area (Å²) in [5, 5.41) is 3.70. The molecule has 0 aliphatic heterocycles. The van der Waals surface area contributed by atoms with E-state index in [-0.39, 0.29) is 12.0 Å². The van der Waals surface area contributed by atoms with Crippen molar-refractivity contribution < 1.29 is 14.3 Å². The van der Waals surface area contributed by atoms with Crippen LogP contribution in [-0.4, -0.2) is 34.6 Å². The molecule has 0 radical (unpaired) electrons. The number of para-hydroxylation sites is 1. The van der Waals surface area contributed by atoms with Crippen LogP contribution in [0.1, 0.15) is 32.7 Å². The number of H-pyrrole nitrogens is 1. The molecule has 34 heavy (non-hydrogen) atoms. The molecule has 4 aromatic rings. The molecule has 0 spiro atoms. The summed E-state index contributed by atoms with van der Waals surface area (Å²) in [6.07, 6.45) is 2.04. The molecule has 1 atom stereocenters. The van der Waals surface area contributed by atoms with Crippen molar-refractivity contribution in [3.63, 3.8) is 0 Å². The van der Waals surface area contributed by atoms with Crippen LogP contribution < -0.4 is 10.9 Å². The van der Waals surface area contributed by atoms with Gasteiger partial charge in [0.15, 0.2) is 0 Å². The number of carbonyl (C=O) groups is 2. The Morgan fingerprint density at radius 3 is 2.50 bits per heavy atom. The molecule has 0 saturated carbocycles. The number of hydrogen-bond donors (Lipinski definition) is 2. The molecule has 0 saturated heterocycles. The molecule has 2 heterocycles. The Morgan fingerprint density at radius 1 is 1.06 bits per heavy atom. The van der Waals surface area contributed by atoms with Gasteiger partial charge in [-0.05, 0) is 42.7 Å². The number of hydrogen-bond acceptors (Lipinski definition) is 4. The van der Waals surface area contributed by atoms with Gasteiger partial charge >= 0.3 is 5.97 Å². The number of carbonyl (C=O) groups excluding carboxylic acids is 2. The lowest BCUT2D eigenvalue weighted by atomic mass is 10.0. The topological polar surface area (TPSA) is 93.2 Å². The number of pyridine rings is 1. The smallest absolute Gasteiger partial charge is 0.328 e. The van der Waals surface area contributed by atoms with Crippen LogP contribution in [0.4, 0.5) is 0 Å². The zero-order valence-electron chi connectivity index (χ0n) is 19.4. The highest BCUT2D eigenvalue weighted by atomic mass is 16.5. The molecule has 0 aliphatic carbocycles. The summed E-state index contributed by atoms with van der Waals surface area (Å²) >= 11 is 0. The van der Waals surface area contributed by atoms with Gasteiger partial charge < -0.3 is 19.6 Å². The Balaban J connectivity index is 1.64. The van der Waals surface area contributed by atoms with Crippen LogP contribution in [0.25, 0.3) is 10.9 Å². The third-order valence-corrected chi connectivity index (χ3v) is 6.01. The summed E-state index contributed by atoms with van der Waals surface area (Å²) in [5.74, 6) is -1.17. The van der Waals surface area contributed by atoms with Gasteiger partial charge in [-0.2, -0.15) is 0 Å². The van der Waals surface area contributed by atoms with Crippen LogP contribution >= 0.6 is 0 Å². The molecular formula is C27H27N3O4. The summed E-state index contributed by atoms with van der Waals surface area (Å²) in [6, 6.07) is 18.2. The minimum atomic E-state index is -0.945. The van der Waals surface area contributed by atoms with E-state index in [0.29, 0.717) is 12.1 Å². The number of methoxy groups -OCH3 is 1. The standard InChI is InChI=1S/C27H27N3O4/c1-17-13-18(2)30(16-19-9-5-4-6-10-19)26(32)24(17)25(31)29-23(27(33)34-3)14-20-15-28-22-12-8-7-11-21(20)22/h4-13,15,23,28H,14,16H2,1-3H3,(H,29,31). The van der Waals surface area contributed by atoms with Crippen LogP contribution in [-0.2, 0) is 22.5 Å². The predicted octanol–water partition coefficient (Wildman–Crippen LogP) is 3.51. The number of rotatable bonds is 7. The zero-order valence-corrected chi connectivity index (χ0v) is 19.4. The molecule has 174 valence electrons. The van der Waals surface area contributed by atoms with Gasteiger partial charge in [0.25, 0.3) is 11.5 Å². The van der Waals surface area contributed by atoms with Crippen LogP contribution in [0.5, 0.6) is 0 Å². The normalized spacial score (nSPS) is 11.9. The second kappa shape index (κ2) is 9.79. The second-order valence-electron chi connectivity index (χ2n) is 8.33. The minimum absolute atomic E-state index is 0.0226. The lowest BCUT2D eigenvalue weighted by molar-refractivity contribution is -0.142. The van der Waals surface area contributed by atoms with Crippen molar-refractivity contribution in [2.24, 2.45) is 0 Å². The van der Waals surface area contributed by atoms with Crippen LogP contribution in [0.3, 0.4) is 0 Å². The third kappa shape index (κ3) is 4.64. The van der Waals surface area contributed by atoms with E-state index in [1.165, 1.54) is 7.11 Å². The molecular weight excluding hydrogens is 430 g/mol. The average molecular weight is 458 g/mol. The van der Waals surface area contributed by atoms with Gasteiger partial charge in [0, 0.05) is 29.2 Å². The molecule has 1 amide bonds. The Bertz CT molecular complexity index is 1400. The van der Waals surface area contributed by atoms with Crippen molar-refractivity contribution >= 4 is 22.8 Å². The molecule has 1 unspecified atom stereocenters. The van der Waals surface area contributed by atoms with E-state index < -0.39 is 23.5 Å². The Morgan fingerprint density at radius 2 is 1.76 bits per heavy atom. The van der Waals surface area contributed by atoms with Gasteiger partial charge in [0.05, 0.1) is 13.7 Å². The summed E-state index contributed by atoms with van der Waals surface area (Å²) < 4.78 is 6.52. The fraction of sp³-hybridized carbons (Fsp3) is 0.222. The quantitative estimate of drug-likeness (QED) is 0.416. The first-order chi connectivity index (χ1) is 16.4. The minimum Gasteiger partial charge on any atom is -0.467 e. The van der Waals surface area contributed by atoms with Crippen molar-refractivity contribution in [1.29, 1.82) is 0 Å². The summed E-state index contributed by atoms with van der Waals surface area (Å²) in [7, 11) is 1.28. The van der Waals surface area contributed by atoms with Crippen molar-refractivity contribution in [3.8, 4) is 0 Å². The Hall–Kier alpha value is -4.13.